The van der Waals surface area contributed by atoms with Crippen molar-refractivity contribution >= 4 is 11.8 Å². The lowest BCUT2D eigenvalue weighted by molar-refractivity contribution is -0.151. The molecule has 2 heterocycles. The minimum atomic E-state index is -4.49. The Morgan fingerprint density at radius 1 is 1.15 bits per heavy atom. The fourth-order valence-corrected chi connectivity index (χ4v) is 3.64. The number of hydrogen-bond donors (Lipinski definition) is 0. The number of alkyl halides is 3. The molecule has 1 atom stereocenters. The summed E-state index contributed by atoms with van der Waals surface area (Å²) in [5.41, 5.74) is -1.47. The van der Waals surface area contributed by atoms with Gasteiger partial charge in [-0.2, -0.15) is 13.2 Å². The van der Waals surface area contributed by atoms with Gasteiger partial charge in [-0.3, -0.25) is 9.59 Å². The largest absolute Gasteiger partial charge is 0.416 e. The molecule has 0 bridgehead atoms. The van der Waals surface area contributed by atoms with Gasteiger partial charge < -0.3 is 14.5 Å². The molecule has 2 saturated heterocycles. The maximum atomic E-state index is 12.9. The molecule has 3 rings (SSSR count). The SMILES string of the molecule is CC(=O)N1CCCC2(C1)CN(C(=O)c1cccc(C(F)(F)F)c1)CCO2. The van der Waals surface area contributed by atoms with E-state index in [0.29, 0.717) is 32.7 Å². The molecule has 0 saturated carbocycles. The number of ether oxygens (including phenoxy) is 1. The number of piperidine rings is 1. The number of hydrogen-bond acceptors (Lipinski definition) is 3. The second-order valence-electron chi connectivity index (χ2n) is 6.88. The van der Waals surface area contributed by atoms with E-state index in [2.05, 4.69) is 0 Å². The number of likely N-dealkylation sites (tertiary alicyclic amines) is 1. The zero-order valence-corrected chi connectivity index (χ0v) is 14.5. The molecular formula is C18H21F3N2O3. The van der Waals surface area contributed by atoms with Crippen LogP contribution in [0, 0.1) is 0 Å². The summed E-state index contributed by atoms with van der Waals surface area (Å²) in [4.78, 5) is 27.6. The minimum Gasteiger partial charge on any atom is -0.369 e. The third-order valence-electron chi connectivity index (χ3n) is 4.96. The number of rotatable bonds is 1. The lowest BCUT2D eigenvalue weighted by Crippen LogP contribution is -2.61. The number of benzene rings is 1. The number of carbonyl (C=O) groups excluding carboxylic acids is 2. The van der Waals surface area contributed by atoms with Crippen LogP contribution in [0.1, 0.15) is 35.7 Å². The first kappa shape index (κ1) is 18.7. The highest BCUT2D eigenvalue weighted by Gasteiger charge is 2.42. The van der Waals surface area contributed by atoms with E-state index in [9.17, 15) is 22.8 Å². The van der Waals surface area contributed by atoms with Crippen molar-refractivity contribution < 1.29 is 27.5 Å². The molecule has 26 heavy (non-hydrogen) atoms. The van der Waals surface area contributed by atoms with E-state index in [1.54, 1.807) is 4.90 Å². The number of amides is 2. The summed E-state index contributed by atoms with van der Waals surface area (Å²) in [7, 11) is 0. The van der Waals surface area contributed by atoms with E-state index in [4.69, 9.17) is 4.74 Å². The van der Waals surface area contributed by atoms with Crippen molar-refractivity contribution in [3.8, 4) is 0 Å². The van der Waals surface area contributed by atoms with E-state index in [-0.39, 0.29) is 18.0 Å². The van der Waals surface area contributed by atoms with Crippen molar-refractivity contribution in [3.63, 3.8) is 0 Å². The molecule has 0 N–H and O–H groups in total. The fraction of sp³-hybridized carbons (Fsp3) is 0.556. The van der Waals surface area contributed by atoms with E-state index in [1.807, 2.05) is 0 Å². The minimum absolute atomic E-state index is 0.0103. The van der Waals surface area contributed by atoms with Crippen LogP contribution in [-0.2, 0) is 15.7 Å². The maximum absolute atomic E-state index is 12.9. The molecule has 2 aliphatic heterocycles. The third kappa shape index (κ3) is 3.85. The lowest BCUT2D eigenvalue weighted by Gasteiger charge is -2.47. The lowest BCUT2D eigenvalue weighted by atomic mass is 9.90. The highest BCUT2D eigenvalue weighted by atomic mass is 19.4. The predicted octanol–water partition coefficient (Wildman–Crippen LogP) is 2.56. The number of carbonyl (C=O) groups is 2. The average Bonchev–Trinajstić information content (AvgIpc) is 2.60. The van der Waals surface area contributed by atoms with Crippen LogP contribution in [0.15, 0.2) is 24.3 Å². The highest BCUT2D eigenvalue weighted by molar-refractivity contribution is 5.94. The summed E-state index contributed by atoms with van der Waals surface area (Å²) in [5.74, 6) is -0.493. The van der Waals surface area contributed by atoms with Gasteiger partial charge in [-0.15, -0.1) is 0 Å². The quantitative estimate of drug-likeness (QED) is 0.764. The van der Waals surface area contributed by atoms with Gasteiger partial charge in [0.1, 0.15) is 5.60 Å². The van der Waals surface area contributed by atoms with Crippen LogP contribution < -0.4 is 0 Å². The molecule has 2 fully saturated rings. The van der Waals surface area contributed by atoms with Gasteiger partial charge >= 0.3 is 6.18 Å². The van der Waals surface area contributed by atoms with Gasteiger partial charge in [0.05, 0.1) is 25.3 Å². The average molecular weight is 370 g/mol. The van der Waals surface area contributed by atoms with Crippen LogP contribution >= 0.6 is 0 Å². The molecule has 1 aromatic rings. The van der Waals surface area contributed by atoms with Gasteiger partial charge in [0, 0.05) is 25.6 Å². The Balaban J connectivity index is 1.77. The van der Waals surface area contributed by atoms with Crippen molar-refractivity contribution in [1.82, 2.24) is 9.80 Å². The molecule has 2 aliphatic rings. The molecular weight excluding hydrogens is 349 g/mol. The number of halogens is 3. The van der Waals surface area contributed by atoms with Crippen LogP contribution in [0.3, 0.4) is 0 Å². The van der Waals surface area contributed by atoms with Gasteiger partial charge in [-0.25, -0.2) is 0 Å². The first-order valence-electron chi connectivity index (χ1n) is 8.56. The number of morpholine rings is 1. The summed E-state index contributed by atoms with van der Waals surface area (Å²) in [6.07, 6.45) is -3.01. The molecule has 2 amide bonds. The van der Waals surface area contributed by atoms with Gasteiger partial charge in [0.2, 0.25) is 5.91 Å². The second kappa shape index (κ2) is 6.90. The van der Waals surface area contributed by atoms with E-state index >= 15 is 0 Å². The Labute approximate surface area is 149 Å². The van der Waals surface area contributed by atoms with Gasteiger partial charge in [0.25, 0.3) is 5.91 Å². The van der Waals surface area contributed by atoms with Crippen LogP contribution in [0.25, 0.3) is 0 Å². The molecule has 142 valence electrons. The van der Waals surface area contributed by atoms with Gasteiger partial charge in [0.15, 0.2) is 0 Å². The molecule has 0 radical (unpaired) electrons. The van der Waals surface area contributed by atoms with Crippen LogP contribution in [-0.4, -0.2) is 60.0 Å². The Kier molecular flexibility index (Phi) is 4.96. The topological polar surface area (TPSA) is 49.9 Å². The smallest absolute Gasteiger partial charge is 0.369 e. The first-order chi connectivity index (χ1) is 12.2. The summed E-state index contributed by atoms with van der Waals surface area (Å²) in [6.45, 7) is 3.43. The van der Waals surface area contributed by atoms with Crippen molar-refractivity contribution in [3.05, 3.63) is 35.4 Å². The normalized spacial score (nSPS) is 24.0. The van der Waals surface area contributed by atoms with E-state index in [0.717, 1.165) is 18.6 Å². The van der Waals surface area contributed by atoms with Crippen molar-refractivity contribution in [2.75, 3.05) is 32.8 Å². The van der Waals surface area contributed by atoms with Crippen LogP contribution in [0.2, 0.25) is 0 Å². The first-order valence-corrected chi connectivity index (χ1v) is 8.56. The van der Waals surface area contributed by atoms with Gasteiger partial charge in [-0.1, -0.05) is 6.07 Å². The van der Waals surface area contributed by atoms with Crippen molar-refractivity contribution in [1.29, 1.82) is 0 Å². The summed E-state index contributed by atoms with van der Waals surface area (Å²) < 4.78 is 44.6. The molecule has 8 heteroatoms. The zero-order valence-electron chi connectivity index (χ0n) is 14.5. The predicted molar refractivity (Wildman–Crippen MR) is 87.5 cm³/mol. The van der Waals surface area contributed by atoms with Gasteiger partial charge in [-0.05, 0) is 31.0 Å². The molecule has 1 unspecified atom stereocenters. The van der Waals surface area contributed by atoms with Crippen molar-refractivity contribution in [2.45, 2.75) is 31.5 Å². The van der Waals surface area contributed by atoms with Crippen molar-refractivity contribution in [2.24, 2.45) is 0 Å². The molecule has 5 nitrogen and oxygen atoms in total. The second-order valence-corrected chi connectivity index (χ2v) is 6.88. The van der Waals surface area contributed by atoms with Crippen LogP contribution in [0.5, 0.6) is 0 Å². The Bertz CT molecular complexity index is 703. The maximum Gasteiger partial charge on any atom is 0.416 e. The standard InChI is InChI=1S/C18H21F3N2O3/c1-13(24)22-7-3-6-17(11-22)12-23(8-9-26-17)16(25)14-4-2-5-15(10-14)18(19,20)21/h2,4-5,10H,3,6-9,11-12H2,1H3. The Morgan fingerprint density at radius 2 is 1.88 bits per heavy atom. The zero-order chi connectivity index (χ0) is 18.9. The van der Waals surface area contributed by atoms with Crippen LogP contribution in [0.4, 0.5) is 13.2 Å². The monoisotopic (exact) mass is 370 g/mol. The molecule has 1 spiro atoms. The number of nitrogens with zero attached hydrogens (tertiary/aromatic N) is 2. The molecule has 0 aliphatic carbocycles. The summed E-state index contributed by atoms with van der Waals surface area (Å²) >= 11 is 0. The fourth-order valence-electron chi connectivity index (χ4n) is 3.64. The van der Waals surface area contributed by atoms with E-state index in [1.165, 1.54) is 24.0 Å². The summed E-state index contributed by atoms with van der Waals surface area (Å²) in [5, 5.41) is 0. The highest BCUT2D eigenvalue weighted by Crippen LogP contribution is 2.32. The molecule has 1 aromatic carbocycles. The Morgan fingerprint density at radius 3 is 2.58 bits per heavy atom. The molecule has 0 aromatic heterocycles. The summed E-state index contributed by atoms with van der Waals surface area (Å²) in [6, 6.07) is 4.46. The third-order valence-corrected chi connectivity index (χ3v) is 4.96. The van der Waals surface area contributed by atoms with E-state index < -0.39 is 23.2 Å². The Hall–Kier alpha value is -2.09.